The third-order valence-electron chi connectivity index (χ3n) is 4.44. The predicted octanol–water partition coefficient (Wildman–Crippen LogP) is 3.34. The number of likely N-dealkylation sites (tertiary alicyclic amines) is 1. The fraction of sp³-hybridized carbons (Fsp3) is 0.389. The molecule has 24 heavy (non-hydrogen) atoms. The summed E-state index contributed by atoms with van der Waals surface area (Å²) >= 11 is 1.46. The summed E-state index contributed by atoms with van der Waals surface area (Å²) in [4.78, 5) is 31.1. The molecule has 0 bridgehead atoms. The lowest BCUT2D eigenvalue weighted by Crippen LogP contribution is -2.28. The van der Waals surface area contributed by atoms with Crippen LogP contribution in [0.1, 0.15) is 55.6 Å². The molecule has 2 heterocycles. The number of hydrogen-bond acceptors (Lipinski definition) is 4. The SMILES string of the molecule is CCc1nc(C)c(C(=O)N2CC[C@H](c3ccccc3C(=O)O)C2)s1. The van der Waals surface area contributed by atoms with Crippen LogP contribution in [0.2, 0.25) is 0 Å². The van der Waals surface area contributed by atoms with Crippen molar-refractivity contribution in [3.8, 4) is 0 Å². The third-order valence-corrected chi connectivity index (χ3v) is 5.73. The second-order valence-corrected chi connectivity index (χ2v) is 7.09. The van der Waals surface area contributed by atoms with Gasteiger partial charge in [-0.05, 0) is 31.4 Å². The van der Waals surface area contributed by atoms with Crippen molar-refractivity contribution >= 4 is 23.2 Å². The normalized spacial score (nSPS) is 17.2. The molecule has 1 aliphatic heterocycles. The molecule has 1 aromatic carbocycles. The molecule has 0 unspecified atom stereocenters. The number of nitrogens with zero attached hydrogens (tertiary/aromatic N) is 2. The summed E-state index contributed by atoms with van der Waals surface area (Å²) in [5.41, 5.74) is 1.94. The fourth-order valence-corrected chi connectivity index (χ4v) is 4.16. The first-order valence-electron chi connectivity index (χ1n) is 8.09. The van der Waals surface area contributed by atoms with Crippen LogP contribution in [0.15, 0.2) is 24.3 Å². The molecule has 0 saturated carbocycles. The zero-order valence-electron chi connectivity index (χ0n) is 13.8. The Bertz CT molecular complexity index is 784. The lowest BCUT2D eigenvalue weighted by Gasteiger charge is -2.17. The van der Waals surface area contributed by atoms with Crippen LogP contribution in [0, 0.1) is 6.92 Å². The summed E-state index contributed by atoms with van der Waals surface area (Å²) in [6.45, 7) is 5.11. The Kier molecular flexibility index (Phi) is 4.66. The molecule has 3 rings (SSSR count). The highest BCUT2D eigenvalue weighted by molar-refractivity contribution is 7.13. The molecule has 1 aliphatic rings. The largest absolute Gasteiger partial charge is 0.478 e. The number of carbonyl (C=O) groups is 2. The van der Waals surface area contributed by atoms with E-state index in [0.717, 1.165) is 29.1 Å². The molecule has 6 heteroatoms. The van der Waals surface area contributed by atoms with Crippen molar-refractivity contribution < 1.29 is 14.7 Å². The number of amides is 1. The number of hydrogen-bond donors (Lipinski definition) is 1. The Balaban J connectivity index is 1.79. The standard InChI is InChI=1S/C18H20N2O3S/c1-3-15-19-11(2)16(24-15)17(21)20-9-8-12(10-20)13-6-4-5-7-14(13)18(22)23/h4-7,12H,3,8-10H2,1-2H3,(H,22,23)/t12-/m0/s1. The lowest BCUT2D eigenvalue weighted by molar-refractivity contribution is 0.0695. The van der Waals surface area contributed by atoms with Crippen LogP contribution in [0.3, 0.4) is 0 Å². The van der Waals surface area contributed by atoms with Crippen molar-refractivity contribution in [3.63, 3.8) is 0 Å². The van der Waals surface area contributed by atoms with E-state index >= 15 is 0 Å². The number of carbonyl (C=O) groups excluding carboxylic acids is 1. The molecule has 0 aliphatic carbocycles. The highest BCUT2D eigenvalue weighted by atomic mass is 32.1. The van der Waals surface area contributed by atoms with Gasteiger partial charge in [0.05, 0.1) is 16.3 Å². The summed E-state index contributed by atoms with van der Waals surface area (Å²) in [6, 6.07) is 7.07. The van der Waals surface area contributed by atoms with Gasteiger partial charge in [0.15, 0.2) is 0 Å². The first kappa shape index (κ1) is 16.6. The first-order valence-corrected chi connectivity index (χ1v) is 8.90. The molecule has 5 nitrogen and oxygen atoms in total. The van der Waals surface area contributed by atoms with Crippen molar-refractivity contribution in [1.29, 1.82) is 0 Å². The summed E-state index contributed by atoms with van der Waals surface area (Å²) in [6.07, 6.45) is 1.61. The zero-order valence-corrected chi connectivity index (χ0v) is 14.6. The molecule has 1 N–H and O–H groups in total. The molecule has 0 spiro atoms. The zero-order chi connectivity index (χ0) is 17.3. The van der Waals surface area contributed by atoms with Gasteiger partial charge in [-0.25, -0.2) is 9.78 Å². The minimum Gasteiger partial charge on any atom is -0.478 e. The molecule has 0 radical (unpaired) electrons. The second kappa shape index (κ2) is 6.73. The average Bonchev–Trinajstić information content (AvgIpc) is 3.21. The Morgan fingerprint density at radius 1 is 1.38 bits per heavy atom. The summed E-state index contributed by atoms with van der Waals surface area (Å²) in [7, 11) is 0. The van der Waals surface area contributed by atoms with Gasteiger partial charge in [0.25, 0.3) is 5.91 Å². The summed E-state index contributed by atoms with van der Waals surface area (Å²) in [5, 5.41) is 10.3. The van der Waals surface area contributed by atoms with Crippen molar-refractivity contribution in [2.75, 3.05) is 13.1 Å². The van der Waals surface area contributed by atoms with E-state index in [4.69, 9.17) is 0 Å². The number of aromatic carboxylic acids is 1. The highest BCUT2D eigenvalue weighted by Crippen LogP contribution is 2.31. The molecule has 1 atom stereocenters. The number of aryl methyl sites for hydroxylation is 2. The van der Waals surface area contributed by atoms with E-state index in [1.54, 1.807) is 12.1 Å². The van der Waals surface area contributed by atoms with Gasteiger partial charge in [-0.15, -0.1) is 11.3 Å². The maximum atomic E-state index is 12.8. The summed E-state index contributed by atoms with van der Waals surface area (Å²) in [5.74, 6) is -0.832. The molecule has 1 saturated heterocycles. The second-order valence-electron chi connectivity index (χ2n) is 6.00. The molecule has 1 amide bonds. The van der Waals surface area contributed by atoms with Crippen LogP contribution < -0.4 is 0 Å². The van der Waals surface area contributed by atoms with Crippen molar-refractivity contribution in [1.82, 2.24) is 9.88 Å². The Labute approximate surface area is 145 Å². The third kappa shape index (κ3) is 3.06. The van der Waals surface area contributed by atoms with Gasteiger partial charge < -0.3 is 10.0 Å². The molecule has 2 aromatic rings. The number of carboxylic acid groups (broad SMARTS) is 1. The number of thiazole rings is 1. The Morgan fingerprint density at radius 2 is 2.12 bits per heavy atom. The fourth-order valence-electron chi connectivity index (χ4n) is 3.19. The van der Waals surface area contributed by atoms with Crippen LogP contribution in [0.4, 0.5) is 0 Å². The van der Waals surface area contributed by atoms with Crippen molar-refractivity contribution in [3.05, 3.63) is 51.0 Å². The highest BCUT2D eigenvalue weighted by Gasteiger charge is 2.31. The van der Waals surface area contributed by atoms with E-state index in [1.807, 2.05) is 30.9 Å². The predicted molar refractivity (Wildman–Crippen MR) is 92.9 cm³/mol. The molecule has 1 fully saturated rings. The number of aromatic nitrogens is 1. The van der Waals surface area contributed by atoms with Gasteiger partial charge in [0, 0.05) is 19.0 Å². The van der Waals surface area contributed by atoms with Crippen LogP contribution in [-0.2, 0) is 6.42 Å². The summed E-state index contributed by atoms with van der Waals surface area (Å²) < 4.78 is 0. The van der Waals surface area contributed by atoms with Gasteiger partial charge in [-0.3, -0.25) is 4.79 Å². The van der Waals surface area contributed by atoms with Gasteiger partial charge in [0.1, 0.15) is 4.88 Å². The maximum Gasteiger partial charge on any atom is 0.335 e. The van der Waals surface area contributed by atoms with E-state index in [-0.39, 0.29) is 11.8 Å². The van der Waals surface area contributed by atoms with Crippen LogP contribution in [0.5, 0.6) is 0 Å². The van der Waals surface area contributed by atoms with Crippen LogP contribution >= 0.6 is 11.3 Å². The van der Waals surface area contributed by atoms with E-state index in [2.05, 4.69) is 4.98 Å². The number of carboxylic acids is 1. The van der Waals surface area contributed by atoms with E-state index in [9.17, 15) is 14.7 Å². The minimum absolute atomic E-state index is 0.0139. The van der Waals surface area contributed by atoms with Gasteiger partial charge in [-0.1, -0.05) is 25.1 Å². The monoisotopic (exact) mass is 344 g/mol. The van der Waals surface area contributed by atoms with Crippen LogP contribution in [-0.4, -0.2) is 40.0 Å². The Hall–Kier alpha value is -2.21. The Morgan fingerprint density at radius 3 is 2.79 bits per heavy atom. The van der Waals surface area contributed by atoms with Crippen molar-refractivity contribution in [2.24, 2.45) is 0 Å². The molecular weight excluding hydrogens is 324 g/mol. The first-order chi connectivity index (χ1) is 11.5. The molecule has 126 valence electrons. The van der Waals surface area contributed by atoms with Gasteiger partial charge in [0.2, 0.25) is 0 Å². The topological polar surface area (TPSA) is 70.5 Å². The van der Waals surface area contributed by atoms with E-state index in [1.165, 1.54) is 11.3 Å². The molecule has 1 aromatic heterocycles. The smallest absolute Gasteiger partial charge is 0.335 e. The van der Waals surface area contributed by atoms with Crippen molar-refractivity contribution in [2.45, 2.75) is 32.6 Å². The number of benzene rings is 1. The molecular formula is C18H20N2O3S. The average molecular weight is 344 g/mol. The van der Waals surface area contributed by atoms with E-state index in [0.29, 0.717) is 23.5 Å². The maximum absolute atomic E-state index is 12.8. The van der Waals surface area contributed by atoms with E-state index < -0.39 is 5.97 Å². The van der Waals surface area contributed by atoms with Crippen LogP contribution in [0.25, 0.3) is 0 Å². The number of rotatable bonds is 4. The van der Waals surface area contributed by atoms with Gasteiger partial charge >= 0.3 is 5.97 Å². The van der Waals surface area contributed by atoms with Gasteiger partial charge in [-0.2, -0.15) is 0 Å². The minimum atomic E-state index is -0.915. The quantitative estimate of drug-likeness (QED) is 0.923. The lowest BCUT2D eigenvalue weighted by atomic mass is 9.93.